The van der Waals surface area contributed by atoms with Gasteiger partial charge < -0.3 is 14.7 Å². The van der Waals surface area contributed by atoms with E-state index in [9.17, 15) is 5.11 Å². The van der Waals surface area contributed by atoms with Crippen molar-refractivity contribution in [1.29, 1.82) is 0 Å². The molecule has 31 heavy (non-hydrogen) atoms. The number of likely N-dealkylation sites (tertiary alicyclic amines) is 1. The first kappa shape index (κ1) is 20.0. The lowest BCUT2D eigenvalue weighted by Crippen LogP contribution is -2.44. The summed E-state index contributed by atoms with van der Waals surface area (Å²) in [5.74, 6) is 1.24. The van der Waals surface area contributed by atoms with Gasteiger partial charge in [0.1, 0.15) is 5.75 Å². The van der Waals surface area contributed by atoms with E-state index >= 15 is 0 Å². The van der Waals surface area contributed by atoms with E-state index in [1.807, 2.05) is 24.3 Å². The van der Waals surface area contributed by atoms with Crippen molar-refractivity contribution in [3.05, 3.63) is 30.5 Å². The third-order valence-corrected chi connectivity index (χ3v) is 6.30. The minimum Gasteiger partial charge on any atom is -0.497 e. The number of aromatic nitrogens is 5. The molecule has 2 fully saturated rings. The summed E-state index contributed by atoms with van der Waals surface area (Å²) < 4.78 is 6.92. The number of fused-ring (bicyclic) bond motifs is 1. The lowest BCUT2D eigenvalue weighted by Gasteiger charge is -2.38. The molecule has 1 saturated heterocycles. The quantitative estimate of drug-likeness (QED) is 0.691. The molecule has 1 aliphatic heterocycles. The fourth-order valence-corrected chi connectivity index (χ4v) is 4.48. The standard InChI is InChI=1S/C22H27N7O2/c1-31-19-8-6-17(7-9-19)29-21-20(26-27-29)14-23-22(25-21)24-15-2-4-16(5-3-15)28-12-10-18(30)11-13-28/h6-9,14,16,18,30H,2-5,10-13H2,1H3. The molecular weight excluding hydrogens is 394 g/mol. The summed E-state index contributed by atoms with van der Waals surface area (Å²) in [6.45, 7) is 2.00. The van der Waals surface area contributed by atoms with Crippen LogP contribution in [0.3, 0.4) is 0 Å². The molecule has 0 radical (unpaired) electrons. The Morgan fingerprint density at radius 3 is 2.52 bits per heavy atom. The van der Waals surface area contributed by atoms with Crippen molar-refractivity contribution in [3.8, 4) is 11.4 Å². The molecule has 162 valence electrons. The van der Waals surface area contributed by atoms with Crippen LogP contribution in [-0.4, -0.2) is 73.0 Å². The number of ether oxygens (including phenoxy) is 1. The monoisotopic (exact) mass is 421 g/mol. The Morgan fingerprint density at radius 2 is 1.81 bits per heavy atom. The van der Waals surface area contributed by atoms with E-state index < -0.39 is 0 Å². The molecule has 0 unspecified atom stereocenters. The van der Waals surface area contributed by atoms with Gasteiger partial charge in [-0.1, -0.05) is 5.21 Å². The SMILES string of the molecule is COc1ccc(-n2nnc3cnc(N=C4CCC(N5CCC(O)CC5)CC4)nc32)cc1. The van der Waals surface area contributed by atoms with Gasteiger partial charge in [-0.05, 0) is 62.8 Å². The topological polar surface area (TPSA) is 102 Å². The third-order valence-electron chi connectivity index (χ3n) is 6.30. The summed E-state index contributed by atoms with van der Waals surface area (Å²) >= 11 is 0. The van der Waals surface area contributed by atoms with Crippen LogP contribution < -0.4 is 4.74 Å². The first-order valence-electron chi connectivity index (χ1n) is 10.9. The number of aliphatic hydroxyl groups excluding tert-OH is 1. The summed E-state index contributed by atoms with van der Waals surface area (Å²) in [7, 11) is 1.64. The zero-order valence-electron chi connectivity index (χ0n) is 17.7. The Bertz CT molecular complexity index is 1060. The summed E-state index contributed by atoms with van der Waals surface area (Å²) in [6.07, 6.45) is 7.46. The van der Waals surface area contributed by atoms with Crippen LogP contribution in [0.5, 0.6) is 5.75 Å². The van der Waals surface area contributed by atoms with Crippen molar-refractivity contribution >= 4 is 22.8 Å². The fourth-order valence-electron chi connectivity index (χ4n) is 4.48. The number of hydrogen-bond acceptors (Lipinski definition) is 8. The largest absolute Gasteiger partial charge is 0.497 e. The van der Waals surface area contributed by atoms with Crippen LogP contribution in [-0.2, 0) is 0 Å². The van der Waals surface area contributed by atoms with Crippen molar-refractivity contribution in [2.24, 2.45) is 4.99 Å². The van der Waals surface area contributed by atoms with Crippen LogP contribution in [0.2, 0.25) is 0 Å². The minimum absolute atomic E-state index is 0.120. The number of rotatable bonds is 4. The number of benzene rings is 1. The van der Waals surface area contributed by atoms with Crippen LogP contribution in [0.1, 0.15) is 38.5 Å². The fraction of sp³-hybridized carbons (Fsp3) is 0.500. The molecule has 1 saturated carbocycles. The van der Waals surface area contributed by atoms with E-state index in [0.717, 1.165) is 68.8 Å². The van der Waals surface area contributed by atoms with Gasteiger partial charge in [-0.15, -0.1) is 5.10 Å². The number of hydrogen-bond donors (Lipinski definition) is 1. The van der Waals surface area contributed by atoms with Gasteiger partial charge in [0.25, 0.3) is 5.95 Å². The maximum atomic E-state index is 9.73. The lowest BCUT2D eigenvalue weighted by molar-refractivity contribution is 0.0555. The molecule has 5 rings (SSSR count). The predicted octanol–water partition coefficient (Wildman–Crippen LogP) is 2.69. The summed E-state index contributed by atoms with van der Waals surface area (Å²) in [5, 5.41) is 18.1. The smallest absolute Gasteiger partial charge is 0.251 e. The maximum absolute atomic E-state index is 9.73. The number of methoxy groups -OCH3 is 1. The third kappa shape index (κ3) is 4.28. The molecular formula is C22H27N7O2. The minimum atomic E-state index is -0.120. The first-order chi connectivity index (χ1) is 15.2. The highest BCUT2D eigenvalue weighted by molar-refractivity contribution is 5.87. The van der Waals surface area contributed by atoms with Gasteiger partial charge in [0.05, 0.1) is 25.1 Å². The Labute approximate surface area is 180 Å². The van der Waals surface area contributed by atoms with E-state index in [4.69, 9.17) is 9.73 Å². The molecule has 0 atom stereocenters. The van der Waals surface area contributed by atoms with Gasteiger partial charge in [-0.2, -0.15) is 9.67 Å². The summed E-state index contributed by atoms with van der Waals surface area (Å²) in [4.78, 5) is 16.3. The van der Waals surface area contributed by atoms with Crippen molar-refractivity contribution in [2.75, 3.05) is 20.2 Å². The van der Waals surface area contributed by atoms with Gasteiger partial charge in [0.2, 0.25) is 0 Å². The highest BCUT2D eigenvalue weighted by Gasteiger charge is 2.27. The van der Waals surface area contributed by atoms with Crippen LogP contribution in [0.4, 0.5) is 5.95 Å². The van der Waals surface area contributed by atoms with Crippen molar-refractivity contribution in [3.63, 3.8) is 0 Å². The van der Waals surface area contributed by atoms with Crippen LogP contribution >= 0.6 is 0 Å². The van der Waals surface area contributed by atoms with Crippen LogP contribution in [0, 0.1) is 0 Å². The van der Waals surface area contributed by atoms with E-state index in [1.54, 1.807) is 18.0 Å². The number of piperidine rings is 1. The predicted molar refractivity (Wildman–Crippen MR) is 117 cm³/mol. The zero-order chi connectivity index (χ0) is 21.2. The van der Waals surface area contributed by atoms with Gasteiger partial charge in [-0.25, -0.2) is 9.98 Å². The van der Waals surface area contributed by atoms with Crippen molar-refractivity contribution in [2.45, 2.75) is 50.7 Å². The molecule has 1 aliphatic carbocycles. The van der Waals surface area contributed by atoms with Gasteiger partial charge in [-0.3, -0.25) is 0 Å². The summed E-state index contributed by atoms with van der Waals surface area (Å²) in [5.41, 5.74) is 3.28. The lowest BCUT2D eigenvalue weighted by atomic mass is 9.91. The molecule has 0 spiro atoms. The molecule has 2 aliphatic rings. The zero-order valence-corrected chi connectivity index (χ0v) is 17.7. The van der Waals surface area contributed by atoms with Gasteiger partial charge in [0, 0.05) is 24.8 Å². The Hall–Kier alpha value is -2.91. The number of aliphatic hydroxyl groups is 1. The average molecular weight is 422 g/mol. The van der Waals surface area contributed by atoms with Crippen molar-refractivity contribution in [1.82, 2.24) is 29.9 Å². The second kappa shape index (κ2) is 8.68. The molecule has 9 nitrogen and oxygen atoms in total. The van der Waals surface area contributed by atoms with Crippen LogP contribution in [0.15, 0.2) is 35.5 Å². The number of nitrogens with zero attached hydrogens (tertiary/aromatic N) is 7. The molecule has 1 N–H and O–H groups in total. The Kier molecular flexibility index (Phi) is 5.61. The van der Waals surface area contributed by atoms with Crippen LogP contribution in [0.25, 0.3) is 16.9 Å². The highest BCUT2D eigenvalue weighted by Crippen LogP contribution is 2.26. The first-order valence-corrected chi connectivity index (χ1v) is 10.9. The molecule has 3 aromatic rings. The van der Waals surface area contributed by atoms with E-state index in [1.165, 1.54) is 0 Å². The second-order valence-electron chi connectivity index (χ2n) is 8.25. The van der Waals surface area contributed by atoms with E-state index in [-0.39, 0.29) is 6.10 Å². The highest BCUT2D eigenvalue weighted by atomic mass is 16.5. The average Bonchev–Trinajstić information content (AvgIpc) is 3.23. The number of aliphatic imine (C=N–C) groups is 1. The molecule has 1 aromatic carbocycles. The van der Waals surface area contributed by atoms with E-state index in [0.29, 0.717) is 23.2 Å². The Balaban J connectivity index is 1.31. The summed E-state index contributed by atoms with van der Waals surface area (Å²) in [6, 6.07) is 8.19. The van der Waals surface area contributed by atoms with Gasteiger partial charge >= 0.3 is 0 Å². The maximum Gasteiger partial charge on any atom is 0.251 e. The molecule has 2 aromatic heterocycles. The van der Waals surface area contributed by atoms with Crippen molar-refractivity contribution < 1.29 is 9.84 Å². The molecule has 0 bridgehead atoms. The van der Waals surface area contributed by atoms with E-state index in [2.05, 4.69) is 25.2 Å². The molecule has 9 heteroatoms. The second-order valence-corrected chi connectivity index (χ2v) is 8.25. The normalized spacial score (nSPS) is 20.8. The molecule has 3 heterocycles. The Morgan fingerprint density at radius 1 is 1.06 bits per heavy atom. The van der Waals surface area contributed by atoms with Gasteiger partial charge in [0.15, 0.2) is 11.2 Å². The molecule has 0 amide bonds.